The summed E-state index contributed by atoms with van der Waals surface area (Å²) >= 11 is 12.0. The normalized spacial score (nSPS) is 15.9. The molecule has 3 heterocycles. The number of H-pyrrole nitrogens is 1. The van der Waals surface area contributed by atoms with Crippen LogP contribution in [-0.2, 0) is 0 Å². The van der Waals surface area contributed by atoms with Crippen LogP contribution in [0.1, 0.15) is 12.8 Å². The van der Waals surface area contributed by atoms with Gasteiger partial charge in [-0.1, -0.05) is 23.2 Å². The molecule has 1 aliphatic rings. The van der Waals surface area contributed by atoms with Crippen LogP contribution in [0, 0.1) is 0 Å². The highest BCUT2D eigenvalue weighted by molar-refractivity contribution is 6.42. The van der Waals surface area contributed by atoms with E-state index in [0.29, 0.717) is 10.0 Å². The van der Waals surface area contributed by atoms with Crippen molar-refractivity contribution in [3.8, 4) is 5.75 Å². The average Bonchev–Trinajstić information content (AvgIpc) is 3.16. The Morgan fingerprint density at radius 1 is 1.19 bits per heavy atom. The van der Waals surface area contributed by atoms with E-state index >= 15 is 0 Å². The third-order valence-electron chi connectivity index (χ3n) is 4.70. The Labute approximate surface area is 167 Å². The molecule has 9 heteroatoms. The van der Waals surface area contributed by atoms with Gasteiger partial charge in [0.05, 0.1) is 21.6 Å². The van der Waals surface area contributed by atoms with Gasteiger partial charge in [-0.3, -0.25) is 5.10 Å². The first-order valence-electron chi connectivity index (χ1n) is 8.91. The number of nitrogens with one attached hydrogen (secondary N) is 2. The van der Waals surface area contributed by atoms with Crippen molar-refractivity contribution in [2.45, 2.75) is 18.9 Å². The number of likely N-dealkylation sites (tertiary alicyclic amines) is 1. The zero-order valence-corrected chi connectivity index (χ0v) is 16.2. The van der Waals surface area contributed by atoms with Gasteiger partial charge in [-0.25, -0.2) is 9.97 Å². The fraction of sp³-hybridized carbons (Fsp3) is 0.389. The van der Waals surface area contributed by atoms with Gasteiger partial charge in [-0.15, -0.1) is 0 Å². The molecule has 1 aliphatic heterocycles. The number of halogens is 2. The molecule has 3 aromatic rings. The Hall–Kier alpha value is -2.09. The van der Waals surface area contributed by atoms with E-state index in [1.165, 1.54) is 6.33 Å². The molecule has 7 nitrogen and oxygen atoms in total. The van der Waals surface area contributed by atoms with Gasteiger partial charge in [0.2, 0.25) is 0 Å². The Kier molecular flexibility index (Phi) is 5.61. The lowest BCUT2D eigenvalue weighted by atomic mass is 10.1. The van der Waals surface area contributed by atoms with Crippen molar-refractivity contribution in [3.63, 3.8) is 0 Å². The number of piperidine rings is 1. The Morgan fingerprint density at radius 2 is 2.04 bits per heavy atom. The van der Waals surface area contributed by atoms with E-state index in [0.717, 1.165) is 61.6 Å². The van der Waals surface area contributed by atoms with Gasteiger partial charge in [0.25, 0.3) is 0 Å². The minimum absolute atomic E-state index is 0.207. The molecule has 0 radical (unpaired) electrons. The second-order valence-electron chi connectivity index (χ2n) is 6.52. The van der Waals surface area contributed by atoms with Crippen molar-refractivity contribution in [2.24, 2.45) is 0 Å². The number of hydrogen-bond donors (Lipinski definition) is 2. The highest BCUT2D eigenvalue weighted by atomic mass is 35.5. The van der Waals surface area contributed by atoms with Gasteiger partial charge in [-0.05, 0) is 25.0 Å². The van der Waals surface area contributed by atoms with Crippen LogP contribution in [0.5, 0.6) is 5.75 Å². The molecule has 0 amide bonds. The van der Waals surface area contributed by atoms with Crippen LogP contribution in [0.25, 0.3) is 11.0 Å². The molecule has 2 N–H and O–H groups in total. The monoisotopic (exact) mass is 406 g/mol. The van der Waals surface area contributed by atoms with E-state index in [1.54, 1.807) is 18.3 Å². The van der Waals surface area contributed by atoms with E-state index in [-0.39, 0.29) is 6.10 Å². The zero-order chi connectivity index (χ0) is 18.6. The van der Waals surface area contributed by atoms with Crippen molar-refractivity contribution in [1.29, 1.82) is 0 Å². The highest BCUT2D eigenvalue weighted by Gasteiger charge is 2.20. The molecule has 0 saturated carbocycles. The van der Waals surface area contributed by atoms with E-state index in [2.05, 4.69) is 30.4 Å². The number of hydrogen-bond acceptors (Lipinski definition) is 6. The first-order chi connectivity index (χ1) is 13.2. The van der Waals surface area contributed by atoms with Crippen molar-refractivity contribution in [2.75, 3.05) is 31.5 Å². The number of anilines is 1. The predicted molar refractivity (Wildman–Crippen MR) is 107 cm³/mol. The largest absolute Gasteiger partial charge is 0.490 e. The van der Waals surface area contributed by atoms with Crippen molar-refractivity contribution in [3.05, 3.63) is 40.8 Å². The molecule has 0 spiro atoms. The summed E-state index contributed by atoms with van der Waals surface area (Å²) in [5, 5.41) is 12.2. The third kappa shape index (κ3) is 4.43. The van der Waals surface area contributed by atoms with Crippen LogP contribution < -0.4 is 10.1 Å². The third-order valence-corrected chi connectivity index (χ3v) is 5.44. The first kappa shape index (κ1) is 18.3. The smallest absolute Gasteiger partial charge is 0.160 e. The highest BCUT2D eigenvalue weighted by Crippen LogP contribution is 2.28. The van der Waals surface area contributed by atoms with Crippen molar-refractivity contribution in [1.82, 2.24) is 25.1 Å². The number of fused-ring (bicyclic) bond motifs is 1. The lowest BCUT2D eigenvalue weighted by molar-refractivity contribution is 0.103. The van der Waals surface area contributed by atoms with Gasteiger partial charge in [0.1, 0.15) is 24.0 Å². The molecular formula is C18H20Cl2N6O. The first-order valence-corrected chi connectivity index (χ1v) is 9.66. The van der Waals surface area contributed by atoms with Crippen LogP contribution in [0.2, 0.25) is 10.0 Å². The summed E-state index contributed by atoms with van der Waals surface area (Å²) < 4.78 is 6.04. The maximum Gasteiger partial charge on any atom is 0.160 e. The maximum absolute atomic E-state index is 6.05. The molecule has 27 heavy (non-hydrogen) atoms. The van der Waals surface area contributed by atoms with Crippen LogP contribution in [0.3, 0.4) is 0 Å². The summed E-state index contributed by atoms with van der Waals surface area (Å²) in [6.07, 6.45) is 5.45. The summed E-state index contributed by atoms with van der Waals surface area (Å²) in [4.78, 5) is 10.9. The summed E-state index contributed by atoms with van der Waals surface area (Å²) in [5.41, 5.74) is 0.743. The summed E-state index contributed by atoms with van der Waals surface area (Å²) in [5.74, 6) is 1.59. The quantitative estimate of drug-likeness (QED) is 0.650. The number of benzene rings is 1. The summed E-state index contributed by atoms with van der Waals surface area (Å²) in [6, 6.07) is 5.41. The van der Waals surface area contributed by atoms with Crippen LogP contribution in [-0.4, -0.2) is 57.3 Å². The Morgan fingerprint density at radius 3 is 2.85 bits per heavy atom. The predicted octanol–water partition coefficient (Wildman–Crippen LogP) is 3.62. The lowest BCUT2D eigenvalue weighted by Gasteiger charge is -2.32. The van der Waals surface area contributed by atoms with Crippen molar-refractivity contribution >= 4 is 40.1 Å². The van der Waals surface area contributed by atoms with E-state index in [9.17, 15) is 0 Å². The molecule has 4 rings (SSSR count). The van der Waals surface area contributed by atoms with E-state index < -0.39 is 0 Å². The van der Waals surface area contributed by atoms with Crippen LogP contribution >= 0.6 is 23.2 Å². The minimum Gasteiger partial charge on any atom is -0.490 e. The fourth-order valence-corrected chi connectivity index (χ4v) is 3.52. The number of rotatable bonds is 6. The number of ether oxygens (including phenoxy) is 1. The van der Waals surface area contributed by atoms with E-state index in [4.69, 9.17) is 27.9 Å². The second-order valence-corrected chi connectivity index (χ2v) is 7.33. The number of aromatic amines is 1. The average molecular weight is 407 g/mol. The summed E-state index contributed by atoms with van der Waals surface area (Å²) in [6.45, 7) is 3.76. The van der Waals surface area contributed by atoms with E-state index in [1.807, 2.05) is 6.07 Å². The molecule has 1 fully saturated rings. The molecule has 1 saturated heterocycles. The maximum atomic E-state index is 6.05. The number of nitrogens with zero attached hydrogens (tertiary/aromatic N) is 4. The molecular weight excluding hydrogens is 387 g/mol. The van der Waals surface area contributed by atoms with Crippen molar-refractivity contribution < 1.29 is 4.74 Å². The SMILES string of the molecule is Clc1ccc(OC2CCN(CCNc3ncnc4[nH]ncc34)CC2)cc1Cl. The van der Waals surface area contributed by atoms with Crippen LogP contribution in [0.15, 0.2) is 30.7 Å². The molecule has 0 atom stereocenters. The topological polar surface area (TPSA) is 79.0 Å². The van der Waals surface area contributed by atoms with Gasteiger partial charge >= 0.3 is 0 Å². The Balaban J connectivity index is 1.22. The summed E-state index contributed by atoms with van der Waals surface area (Å²) in [7, 11) is 0. The fourth-order valence-electron chi connectivity index (χ4n) is 3.23. The van der Waals surface area contributed by atoms with Gasteiger partial charge in [-0.2, -0.15) is 5.10 Å². The number of aromatic nitrogens is 4. The Bertz CT molecular complexity index is 910. The van der Waals surface area contributed by atoms with Gasteiger partial charge in [0, 0.05) is 32.2 Å². The molecule has 142 valence electrons. The molecule has 0 bridgehead atoms. The van der Waals surface area contributed by atoms with Crippen LogP contribution in [0.4, 0.5) is 5.82 Å². The van der Waals surface area contributed by atoms with Gasteiger partial charge in [0.15, 0.2) is 5.65 Å². The molecule has 0 aliphatic carbocycles. The zero-order valence-electron chi connectivity index (χ0n) is 14.7. The molecule has 0 unspecified atom stereocenters. The van der Waals surface area contributed by atoms with Gasteiger partial charge < -0.3 is 15.0 Å². The second kappa shape index (κ2) is 8.29. The minimum atomic E-state index is 0.207. The molecule has 1 aromatic carbocycles. The molecule has 2 aromatic heterocycles. The standard InChI is InChI=1S/C18H20Cl2N6O/c19-15-2-1-13(9-16(15)20)27-12-3-6-26(7-4-12)8-5-21-17-14-10-24-25-18(14)23-11-22-17/h1-2,9-12H,3-8H2,(H2,21,22,23,24,25). The lowest BCUT2D eigenvalue weighted by Crippen LogP contribution is -2.40.